The van der Waals surface area contributed by atoms with E-state index < -0.39 is 0 Å². The Hall–Kier alpha value is -2.18. The van der Waals surface area contributed by atoms with Gasteiger partial charge in [0.2, 0.25) is 0 Å². The van der Waals surface area contributed by atoms with E-state index in [1.54, 1.807) is 23.5 Å². The molecule has 4 rings (SSSR count). The van der Waals surface area contributed by atoms with E-state index in [0.29, 0.717) is 5.92 Å². The fourth-order valence-electron chi connectivity index (χ4n) is 3.26. The first kappa shape index (κ1) is 16.3. The molecule has 5 nitrogen and oxygen atoms in total. The molecule has 1 aliphatic heterocycles. The van der Waals surface area contributed by atoms with Gasteiger partial charge >= 0.3 is 0 Å². The van der Waals surface area contributed by atoms with Crippen molar-refractivity contribution >= 4 is 44.5 Å². The van der Waals surface area contributed by atoms with Crippen molar-refractivity contribution in [3.8, 4) is 0 Å². The molecule has 7 heteroatoms. The predicted molar refractivity (Wildman–Crippen MR) is 102 cm³/mol. The molecule has 0 bridgehead atoms. The maximum absolute atomic E-state index is 10.8. The molecule has 0 saturated carbocycles. The zero-order valence-corrected chi connectivity index (χ0v) is 15.0. The highest BCUT2D eigenvalue weighted by Gasteiger charge is 2.23. The number of rotatable bonds is 3. The van der Waals surface area contributed by atoms with Crippen LogP contribution < -0.4 is 4.90 Å². The lowest BCUT2D eigenvalue weighted by Crippen LogP contribution is -2.32. The van der Waals surface area contributed by atoms with Crippen molar-refractivity contribution in [1.82, 2.24) is 4.98 Å². The van der Waals surface area contributed by atoms with Crippen LogP contribution in [0.5, 0.6) is 0 Å². The number of hydrogen-bond acceptors (Lipinski definition) is 5. The molecule has 1 aromatic heterocycles. The summed E-state index contributed by atoms with van der Waals surface area (Å²) in [5.74, 6) is 0.463. The number of anilines is 1. The zero-order valence-electron chi connectivity index (χ0n) is 13.4. The van der Waals surface area contributed by atoms with Gasteiger partial charge in [-0.25, -0.2) is 4.98 Å². The SMILES string of the molecule is O=[N+]([O-])c1ccc(N2CCC(c3nc4cc(Cl)ccc4s3)CC2)cc1. The molecular weight excluding hydrogens is 358 g/mol. The van der Waals surface area contributed by atoms with Gasteiger partial charge in [-0.3, -0.25) is 10.1 Å². The van der Waals surface area contributed by atoms with Crippen LogP contribution in [-0.2, 0) is 0 Å². The minimum Gasteiger partial charge on any atom is -0.371 e. The summed E-state index contributed by atoms with van der Waals surface area (Å²) >= 11 is 7.80. The van der Waals surface area contributed by atoms with E-state index in [9.17, 15) is 10.1 Å². The Morgan fingerprint density at radius 3 is 2.56 bits per heavy atom. The minimum absolute atomic E-state index is 0.131. The van der Waals surface area contributed by atoms with Gasteiger partial charge in [0.15, 0.2) is 0 Å². The Kier molecular flexibility index (Phi) is 4.31. The Labute approximate surface area is 154 Å². The van der Waals surface area contributed by atoms with Crippen LogP contribution in [0.2, 0.25) is 5.02 Å². The lowest BCUT2D eigenvalue weighted by atomic mass is 9.97. The Balaban J connectivity index is 1.46. The van der Waals surface area contributed by atoms with E-state index in [4.69, 9.17) is 16.6 Å². The summed E-state index contributed by atoms with van der Waals surface area (Å²) in [4.78, 5) is 17.4. The summed E-state index contributed by atoms with van der Waals surface area (Å²) in [5, 5.41) is 12.7. The molecule has 0 radical (unpaired) electrons. The van der Waals surface area contributed by atoms with E-state index in [0.717, 1.165) is 42.2 Å². The van der Waals surface area contributed by atoms with Crippen molar-refractivity contribution in [3.05, 3.63) is 62.6 Å². The van der Waals surface area contributed by atoms with Crippen molar-refractivity contribution < 1.29 is 4.92 Å². The van der Waals surface area contributed by atoms with Gasteiger partial charge in [0.05, 0.1) is 20.1 Å². The second-order valence-electron chi connectivity index (χ2n) is 6.20. The van der Waals surface area contributed by atoms with Gasteiger partial charge in [-0.1, -0.05) is 11.6 Å². The first-order valence-corrected chi connectivity index (χ1v) is 9.35. The zero-order chi connectivity index (χ0) is 17.4. The molecule has 3 aromatic rings. The summed E-state index contributed by atoms with van der Waals surface area (Å²) < 4.78 is 1.18. The molecule has 1 saturated heterocycles. The number of nitro benzene ring substituents is 1. The van der Waals surface area contributed by atoms with Gasteiger partial charge < -0.3 is 4.90 Å². The number of non-ortho nitro benzene ring substituents is 1. The number of aromatic nitrogens is 1. The summed E-state index contributed by atoms with van der Waals surface area (Å²) in [6.45, 7) is 1.86. The highest BCUT2D eigenvalue weighted by atomic mass is 35.5. The monoisotopic (exact) mass is 373 g/mol. The predicted octanol–water partition coefficient (Wildman–Crippen LogP) is 5.24. The molecule has 0 spiro atoms. The smallest absolute Gasteiger partial charge is 0.269 e. The van der Waals surface area contributed by atoms with Gasteiger partial charge in [-0.05, 0) is 43.2 Å². The molecule has 1 aliphatic rings. The minimum atomic E-state index is -0.366. The molecule has 2 heterocycles. The van der Waals surface area contributed by atoms with Gasteiger partial charge in [0.1, 0.15) is 0 Å². The lowest BCUT2D eigenvalue weighted by Gasteiger charge is -2.32. The van der Waals surface area contributed by atoms with Crippen molar-refractivity contribution in [3.63, 3.8) is 0 Å². The number of thiazole rings is 1. The van der Waals surface area contributed by atoms with Crippen molar-refractivity contribution in [2.45, 2.75) is 18.8 Å². The van der Waals surface area contributed by atoms with E-state index in [2.05, 4.69) is 4.90 Å². The highest BCUT2D eigenvalue weighted by Crippen LogP contribution is 2.35. The van der Waals surface area contributed by atoms with E-state index >= 15 is 0 Å². The number of nitro groups is 1. The fraction of sp³-hybridized carbons (Fsp3) is 0.278. The summed E-state index contributed by atoms with van der Waals surface area (Å²) in [5.41, 5.74) is 2.15. The lowest BCUT2D eigenvalue weighted by molar-refractivity contribution is -0.384. The molecule has 0 atom stereocenters. The highest BCUT2D eigenvalue weighted by molar-refractivity contribution is 7.18. The average molecular weight is 374 g/mol. The first-order valence-electron chi connectivity index (χ1n) is 8.15. The number of hydrogen-bond donors (Lipinski definition) is 0. The van der Waals surface area contributed by atoms with Crippen molar-refractivity contribution in [1.29, 1.82) is 0 Å². The first-order chi connectivity index (χ1) is 12.1. The number of benzene rings is 2. The van der Waals surface area contributed by atoms with Crippen molar-refractivity contribution in [2.75, 3.05) is 18.0 Å². The number of fused-ring (bicyclic) bond motifs is 1. The van der Waals surface area contributed by atoms with Gasteiger partial charge in [0.25, 0.3) is 5.69 Å². The molecule has 1 fully saturated rings. The molecule has 0 aliphatic carbocycles. The maximum atomic E-state index is 10.8. The van der Waals surface area contributed by atoms with Crippen LogP contribution in [0.25, 0.3) is 10.2 Å². The average Bonchev–Trinajstić information content (AvgIpc) is 3.05. The van der Waals surface area contributed by atoms with E-state index in [1.165, 1.54) is 9.71 Å². The molecule has 0 amide bonds. The van der Waals surface area contributed by atoms with Crippen LogP contribution in [0.3, 0.4) is 0 Å². The molecular formula is C18H16ClN3O2S. The standard InChI is InChI=1S/C18H16ClN3O2S/c19-13-1-6-17-16(11-13)20-18(25-17)12-7-9-21(10-8-12)14-2-4-15(5-3-14)22(23)24/h1-6,11-12H,7-10H2. The molecule has 0 unspecified atom stereocenters. The summed E-state index contributed by atoms with van der Waals surface area (Å²) in [6, 6.07) is 12.7. The second-order valence-corrected chi connectivity index (χ2v) is 7.70. The van der Waals surface area contributed by atoms with E-state index in [1.807, 2.05) is 30.3 Å². The van der Waals surface area contributed by atoms with Crippen molar-refractivity contribution in [2.24, 2.45) is 0 Å². The summed E-state index contributed by atoms with van der Waals surface area (Å²) in [6.07, 6.45) is 2.06. The third-order valence-corrected chi connectivity index (χ3v) is 6.07. The van der Waals surface area contributed by atoms with Gasteiger partial charge in [-0.15, -0.1) is 11.3 Å². The Bertz CT molecular complexity index is 918. The van der Waals surface area contributed by atoms with Crippen LogP contribution in [-0.4, -0.2) is 23.0 Å². The molecule has 2 aromatic carbocycles. The number of halogens is 1. The van der Waals surface area contributed by atoms with Crippen LogP contribution in [0.1, 0.15) is 23.8 Å². The number of piperidine rings is 1. The molecule has 0 N–H and O–H groups in total. The summed E-state index contributed by atoms with van der Waals surface area (Å²) in [7, 11) is 0. The normalized spacial score (nSPS) is 15.6. The van der Waals surface area contributed by atoms with Gasteiger partial charge in [0, 0.05) is 41.9 Å². The van der Waals surface area contributed by atoms with Crippen LogP contribution >= 0.6 is 22.9 Å². The van der Waals surface area contributed by atoms with Gasteiger partial charge in [-0.2, -0.15) is 0 Å². The second kappa shape index (κ2) is 6.61. The Morgan fingerprint density at radius 2 is 1.88 bits per heavy atom. The number of nitrogens with zero attached hydrogens (tertiary/aromatic N) is 3. The van der Waals surface area contributed by atoms with E-state index in [-0.39, 0.29) is 10.6 Å². The largest absolute Gasteiger partial charge is 0.371 e. The third-order valence-electron chi connectivity index (χ3n) is 4.64. The van der Waals surface area contributed by atoms with Crippen LogP contribution in [0.15, 0.2) is 42.5 Å². The van der Waals surface area contributed by atoms with Crippen LogP contribution in [0, 0.1) is 10.1 Å². The maximum Gasteiger partial charge on any atom is 0.269 e. The fourth-order valence-corrected chi connectivity index (χ4v) is 4.55. The quantitative estimate of drug-likeness (QED) is 0.465. The Morgan fingerprint density at radius 1 is 1.16 bits per heavy atom. The topological polar surface area (TPSA) is 59.3 Å². The third kappa shape index (κ3) is 3.32. The van der Waals surface area contributed by atoms with Crippen LogP contribution in [0.4, 0.5) is 11.4 Å². The molecule has 128 valence electrons. The molecule has 25 heavy (non-hydrogen) atoms.